The standard InChI is InChI=1S/C28H22N2/c1-19-14-20(2)16-25(15-19)27-18-26(22-9-4-3-5-10-22)29-28(30-27)24-13-12-21-8-6-7-11-23(21)17-24/h3-18H,1-2H3. The van der Waals surface area contributed by atoms with Gasteiger partial charge in [-0.05, 0) is 48.9 Å². The summed E-state index contributed by atoms with van der Waals surface area (Å²) in [5, 5.41) is 2.41. The summed E-state index contributed by atoms with van der Waals surface area (Å²) in [6.07, 6.45) is 0. The van der Waals surface area contributed by atoms with E-state index in [0.717, 1.165) is 33.9 Å². The second-order valence-corrected chi connectivity index (χ2v) is 7.77. The Bertz CT molecular complexity index is 1330. The number of hydrogen-bond donors (Lipinski definition) is 0. The molecule has 2 nitrogen and oxygen atoms in total. The quantitative estimate of drug-likeness (QED) is 0.326. The lowest BCUT2D eigenvalue weighted by atomic mass is 10.0. The Morgan fingerprint density at radius 1 is 0.467 bits per heavy atom. The first-order valence-electron chi connectivity index (χ1n) is 10.2. The summed E-state index contributed by atoms with van der Waals surface area (Å²) < 4.78 is 0. The van der Waals surface area contributed by atoms with Gasteiger partial charge in [0.25, 0.3) is 0 Å². The molecule has 5 rings (SSSR count). The summed E-state index contributed by atoms with van der Waals surface area (Å²) in [6.45, 7) is 4.25. The molecule has 0 saturated carbocycles. The van der Waals surface area contributed by atoms with Crippen LogP contribution in [0.4, 0.5) is 0 Å². The van der Waals surface area contributed by atoms with E-state index < -0.39 is 0 Å². The molecule has 30 heavy (non-hydrogen) atoms. The lowest BCUT2D eigenvalue weighted by Gasteiger charge is -2.11. The minimum atomic E-state index is 0.747. The Hall–Kier alpha value is -3.78. The second kappa shape index (κ2) is 7.57. The van der Waals surface area contributed by atoms with Gasteiger partial charge in [-0.1, -0.05) is 83.9 Å². The molecule has 0 N–H and O–H groups in total. The van der Waals surface area contributed by atoms with E-state index in [-0.39, 0.29) is 0 Å². The van der Waals surface area contributed by atoms with Crippen LogP contribution < -0.4 is 0 Å². The Balaban J connectivity index is 1.73. The third-order valence-corrected chi connectivity index (χ3v) is 5.32. The molecule has 144 valence electrons. The number of nitrogens with zero attached hydrogens (tertiary/aromatic N) is 2. The predicted molar refractivity (Wildman–Crippen MR) is 125 cm³/mol. The molecule has 2 heteroatoms. The van der Waals surface area contributed by atoms with E-state index >= 15 is 0 Å². The molecule has 0 saturated heterocycles. The van der Waals surface area contributed by atoms with Gasteiger partial charge in [0.1, 0.15) is 0 Å². The zero-order valence-corrected chi connectivity index (χ0v) is 17.1. The summed E-state index contributed by atoms with van der Waals surface area (Å²) >= 11 is 0. The van der Waals surface area contributed by atoms with Crippen molar-refractivity contribution in [2.24, 2.45) is 0 Å². The molecule has 0 spiro atoms. The van der Waals surface area contributed by atoms with Crippen LogP contribution in [-0.4, -0.2) is 9.97 Å². The topological polar surface area (TPSA) is 25.8 Å². The van der Waals surface area contributed by atoms with Gasteiger partial charge in [-0.2, -0.15) is 0 Å². The number of benzene rings is 4. The number of aromatic nitrogens is 2. The maximum atomic E-state index is 4.98. The summed E-state index contributed by atoms with van der Waals surface area (Å²) in [5.74, 6) is 0.747. The SMILES string of the molecule is Cc1cc(C)cc(-c2cc(-c3ccccc3)nc(-c3ccc4ccccc4c3)n2)c1. The largest absolute Gasteiger partial charge is 0.228 e. The Labute approximate surface area is 176 Å². The third-order valence-electron chi connectivity index (χ3n) is 5.32. The number of aryl methyl sites for hydroxylation is 2. The Morgan fingerprint density at radius 2 is 1.10 bits per heavy atom. The van der Waals surface area contributed by atoms with Crippen LogP contribution in [0.3, 0.4) is 0 Å². The maximum absolute atomic E-state index is 4.98. The van der Waals surface area contributed by atoms with E-state index in [1.54, 1.807) is 0 Å². The Kier molecular flexibility index (Phi) is 4.61. The monoisotopic (exact) mass is 386 g/mol. The van der Waals surface area contributed by atoms with Crippen molar-refractivity contribution >= 4 is 10.8 Å². The summed E-state index contributed by atoms with van der Waals surface area (Å²) in [5.41, 5.74) is 7.58. The molecule has 0 bridgehead atoms. The van der Waals surface area contributed by atoms with Gasteiger partial charge in [0.2, 0.25) is 0 Å². The lowest BCUT2D eigenvalue weighted by molar-refractivity contribution is 1.18. The zero-order chi connectivity index (χ0) is 20.5. The van der Waals surface area contributed by atoms with Crippen LogP contribution in [0.25, 0.3) is 44.7 Å². The molecule has 0 radical (unpaired) electrons. The van der Waals surface area contributed by atoms with Crippen LogP contribution in [-0.2, 0) is 0 Å². The van der Waals surface area contributed by atoms with E-state index in [1.165, 1.54) is 21.9 Å². The summed E-state index contributed by atoms with van der Waals surface area (Å²) in [6, 6.07) is 33.8. The molecule has 1 aromatic heterocycles. The van der Waals surface area contributed by atoms with E-state index in [9.17, 15) is 0 Å². The van der Waals surface area contributed by atoms with Gasteiger partial charge < -0.3 is 0 Å². The molecular formula is C28H22N2. The van der Waals surface area contributed by atoms with Crippen molar-refractivity contribution < 1.29 is 0 Å². The van der Waals surface area contributed by atoms with E-state index in [2.05, 4.69) is 92.7 Å². The molecule has 1 heterocycles. The Morgan fingerprint density at radius 3 is 1.83 bits per heavy atom. The highest BCUT2D eigenvalue weighted by Gasteiger charge is 2.11. The van der Waals surface area contributed by atoms with Gasteiger partial charge in [-0.3, -0.25) is 0 Å². The fourth-order valence-electron chi connectivity index (χ4n) is 3.93. The predicted octanol–water partition coefficient (Wildman–Crippen LogP) is 7.25. The number of fused-ring (bicyclic) bond motifs is 1. The average molecular weight is 386 g/mol. The van der Waals surface area contributed by atoms with Crippen molar-refractivity contribution in [2.75, 3.05) is 0 Å². The van der Waals surface area contributed by atoms with Crippen molar-refractivity contribution in [2.45, 2.75) is 13.8 Å². The molecule has 0 atom stereocenters. The minimum absolute atomic E-state index is 0.747. The minimum Gasteiger partial charge on any atom is -0.228 e. The second-order valence-electron chi connectivity index (χ2n) is 7.77. The molecule has 0 amide bonds. The van der Waals surface area contributed by atoms with Crippen molar-refractivity contribution in [3.05, 3.63) is 108 Å². The van der Waals surface area contributed by atoms with Gasteiger partial charge >= 0.3 is 0 Å². The first-order chi connectivity index (χ1) is 14.7. The fraction of sp³-hybridized carbons (Fsp3) is 0.0714. The molecule has 0 unspecified atom stereocenters. The van der Waals surface area contributed by atoms with Crippen molar-refractivity contribution in [1.29, 1.82) is 0 Å². The van der Waals surface area contributed by atoms with Crippen LogP contribution in [0.5, 0.6) is 0 Å². The normalized spacial score (nSPS) is 11.0. The highest BCUT2D eigenvalue weighted by atomic mass is 14.9. The average Bonchev–Trinajstić information content (AvgIpc) is 2.78. The van der Waals surface area contributed by atoms with Gasteiger partial charge in [0.05, 0.1) is 11.4 Å². The van der Waals surface area contributed by atoms with Crippen LogP contribution in [0, 0.1) is 13.8 Å². The number of rotatable bonds is 3. The van der Waals surface area contributed by atoms with Crippen molar-refractivity contribution in [3.8, 4) is 33.9 Å². The number of hydrogen-bond acceptors (Lipinski definition) is 2. The van der Waals surface area contributed by atoms with Crippen molar-refractivity contribution in [3.63, 3.8) is 0 Å². The lowest BCUT2D eigenvalue weighted by Crippen LogP contribution is -1.96. The van der Waals surface area contributed by atoms with Gasteiger partial charge in [0, 0.05) is 16.7 Å². The van der Waals surface area contributed by atoms with Gasteiger partial charge in [0.15, 0.2) is 5.82 Å². The molecule has 0 fully saturated rings. The molecule has 0 aliphatic rings. The van der Waals surface area contributed by atoms with Crippen molar-refractivity contribution in [1.82, 2.24) is 9.97 Å². The molecular weight excluding hydrogens is 364 g/mol. The maximum Gasteiger partial charge on any atom is 0.160 e. The molecule has 0 aliphatic carbocycles. The first-order valence-corrected chi connectivity index (χ1v) is 10.2. The smallest absolute Gasteiger partial charge is 0.160 e. The first kappa shape index (κ1) is 18.3. The highest BCUT2D eigenvalue weighted by molar-refractivity contribution is 5.86. The van der Waals surface area contributed by atoms with Crippen LogP contribution in [0.15, 0.2) is 97.1 Å². The van der Waals surface area contributed by atoms with Crippen LogP contribution in [0.1, 0.15) is 11.1 Å². The van der Waals surface area contributed by atoms with Crippen LogP contribution >= 0.6 is 0 Å². The molecule has 5 aromatic rings. The summed E-state index contributed by atoms with van der Waals surface area (Å²) in [4.78, 5) is 9.92. The molecule has 0 aliphatic heterocycles. The molecule has 4 aromatic carbocycles. The van der Waals surface area contributed by atoms with E-state index in [4.69, 9.17) is 9.97 Å². The van der Waals surface area contributed by atoms with Gasteiger partial charge in [-0.25, -0.2) is 9.97 Å². The van der Waals surface area contributed by atoms with E-state index in [1.807, 2.05) is 18.2 Å². The zero-order valence-electron chi connectivity index (χ0n) is 17.1. The highest BCUT2D eigenvalue weighted by Crippen LogP contribution is 2.29. The van der Waals surface area contributed by atoms with E-state index in [0.29, 0.717) is 0 Å². The third kappa shape index (κ3) is 3.60. The van der Waals surface area contributed by atoms with Crippen LogP contribution in [0.2, 0.25) is 0 Å². The summed E-state index contributed by atoms with van der Waals surface area (Å²) in [7, 11) is 0. The van der Waals surface area contributed by atoms with Gasteiger partial charge in [-0.15, -0.1) is 0 Å². The fourth-order valence-corrected chi connectivity index (χ4v) is 3.93.